The number of hydrogen-bond acceptors (Lipinski definition) is 2. The van der Waals surface area contributed by atoms with Gasteiger partial charge in [0.15, 0.2) is 5.56 Å². The first-order valence-electron chi connectivity index (χ1n) is 1.82. The Kier molecular flexibility index (Phi) is 1.02. The van der Waals surface area contributed by atoms with Crippen LogP contribution >= 0.6 is 11.6 Å². The molecule has 0 aliphatic carbocycles. The van der Waals surface area contributed by atoms with E-state index in [0.717, 1.165) is 0 Å². The van der Waals surface area contributed by atoms with Gasteiger partial charge in [0, 0.05) is 6.08 Å². The van der Waals surface area contributed by atoms with E-state index < -0.39 is 5.56 Å². The Balaban J connectivity index is 2.58. The van der Waals surface area contributed by atoms with Crippen LogP contribution in [0, 0.1) is 0 Å². The summed E-state index contributed by atoms with van der Waals surface area (Å²) in [6.07, 6.45) is 2.79. The fourth-order valence-corrected chi connectivity index (χ4v) is 0.504. The molecule has 0 saturated carbocycles. The Bertz CT molecular complexity index is 119. The molecule has 7 heavy (non-hydrogen) atoms. The number of esters is 1. The number of hydrogen-bond donors (Lipinski definition) is 0. The molecule has 0 amide bonds. The molecular weight excluding hydrogens is 115 g/mol. The van der Waals surface area contributed by atoms with Gasteiger partial charge in [-0.15, -0.1) is 0 Å². The van der Waals surface area contributed by atoms with Gasteiger partial charge in [-0.1, -0.05) is 11.6 Å². The molecule has 0 saturated heterocycles. The van der Waals surface area contributed by atoms with Crippen LogP contribution < -0.4 is 0 Å². The summed E-state index contributed by atoms with van der Waals surface area (Å²) in [5.41, 5.74) is -0.535. The summed E-state index contributed by atoms with van der Waals surface area (Å²) >= 11 is 5.28. The molecule has 1 aliphatic rings. The fourth-order valence-electron chi connectivity index (χ4n) is 0.344. The smallest absolute Gasteiger partial charge is 0.332 e. The monoisotopic (exact) mass is 118 g/mol. The van der Waals surface area contributed by atoms with Gasteiger partial charge in [0.1, 0.15) is 0 Å². The van der Waals surface area contributed by atoms with Gasteiger partial charge in [-0.2, -0.15) is 0 Å². The maximum Gasteiger partial charge on any atom is 0.332 e. The molecule has 1 heterocycles. The molecule has 0 bridgehead atoms. The van der Waals surface area contributed by atoms with Crippen LogP contribution in [-0.4, -0.2) is 11.5 Å². The van der Waals surface area contributed by atoms with Crippen LogP contribution in [0.3, 0.4) is 0 Å². The molecule has 2 nitrogen and oxygen atoms in total. The lowest BCUT2D eigenvalue weighted by molar-refractivity contribution is -0.136. The second-order valence-corrected chi connectivity index (χ2v) is 1.58. The molecule has 1 aliphatic heterocycles. The molecule has 1 atom stereocenters. The van der Waals surface area contributed by atoms with E-state index in [2.05, 4.69) is 4.74 Å². The SMILES string of the molecule is O=C1C=C[C@H](Cl)O1. The lowest BCUT2D eigenvalue weighted by atomic mass is 10.6. The van der Waals surface area contributed by atoms with E-state index in [4.69, 9.17) is 11.6 Å². The van der Waals surface area contributed by atoms with Gasteiger partial charge in [0.25, 0.3) is 0 Å². The quantitative estimate of drug-likeness (QED) is 0.345. The van der Waals surface area contributed by atoms with Crippen molar-refractivity contribution in [2.75, 3.05) is 0 Å². The highest BCUT2D eigenvalue weighted by Gasteiger charge is 2.11. The summed E-state index contributed by atoms with van der Waals surface area (Å²) in [6.45, 7) is 0. The fraction of sp³-hybridized carbons (Fsp3) is 0.250. The van der Waals surface area contributed by atoms with Crippen molar-refractivity contribution in [3.63, 3.8) is 0 Å². The van der Waals surface area contributed by atoms with E-state index in [1.807, 2.05) is 0 Å². The maximum absolute atomic E-state index is 10.1. The first-order chi connectivity index (χ1) is 3.29. The number of carbonyl (C=O) groups excluding carboxylic acids is 1. The predicted octanol–water partition coefficient (Wildman–Crippen LogP) is 0.664. The van der Waals surface area contributed by atoms with Crippen molar-refractivity contribution >= 4 is 17.6 Å². The minimum Gasteiger partial charge on any atom is -0.439 e. The highest BCUT2D eigenvalue weighted by atomic mass is 35.5. The third kappa shape index (κ3) is 0.933. The summed E-state index contributed by atoms with van der Waals surface area (Å²) in [5.74, 6) is -0.361. The predicted molar refractivity (Wildman–Crippen MR) is 24.9 cm³/mol. The summed E-state index contributed by atoms with van der Waals surface area (Å²) in [7, 11) is 0. The normalized spacial score (nSPS) is 28.1. The second kappa shape index (κ2) is 1.54. The first-order valence-corrected chi connectivity index (χ1v) is 2.25. The van der Waals surface area contributed by atoms with Crippen molar-refractivity contribution in [2.45, 2.75) is 5.56 Å². The third-order valence-electron chi connectivity index (χ3n) is 0.612. The van der Waals surface area contributed by atoms with Gasteiger partial charge in [0.05, 0.1) is 0 Å². The molecule has 0 aromatic carbocycles. The van der Waals surface area contributed by atoms with Crippen molar-refractivity contribution in [2.24, 2.45) is 0 Å². The molecule has 0 spiro atoms. The molecule has 0 unspecified atom stereocenters. The van der Waals surface area contributed by atoms with Gasteiger partial charge in [-0.3, -0.25) is 0 Å². The summed E-state index contributed by atoms with van der Waals surface area (Å²) < 4.78 is 4.38. The Labute approximate surface area is 45.7 Å². The zero-order valence-electron chi connectivity index (χ0n) is 3.43. The largest absolute Gasteiger partial charge is 0.439 e. The van der Waals surface area contributed by atoms with Crippen molar-refractivity contribution in [1.82, 2.24) is 0 Å². The Hall–Kier alpha value is -0.500. The molecule has 3 heteroatoms. The summed E-state index contributed by atoms with van der Waals surface area (Å²) in [6, 6.07) is 0. The summed E-state index contributed by atoms with van der Waals surface area (Å²) in [5, 5.41) is 0. The number of alkyl halides is 1. The van der Waals surface area contributed by atoms with E-state index in [1.54, 1.807) is 0 Å². The Morgan fingerprint density at radius 2 is 2.57 bits per heavy atom. The van der Waals surface area contributed by atoms with E-state index in [9.17, 15) is 4.79 Å². The number of rotatable bonds is 0. The molecule has 0 N–H and O–H groups in total. The van der Waals surface area contributed by atoms with Gasteiger partial charge in [0.2, 0.25) is 0 Å². The van der Waals surface area contributed by atoms with Crippen molar-refractivity contribution in [3.05, 3.63) is 12.2 Å². The number of ether oxygens (including phenoxy) is 1. The zero-order chi connectivity index (χ0) is 5.28. The van der Waals surface area contributed by atoms with Crippen molar-refractivity contribution in [3.8, 4) is 0 Å². The van der Waals surface area contributed by atoms with Crippen molar-refractivity contribution in [1.29, 1.82) is 0 Å². The van der Waals surface area contributed by atoms with Crippen molar-refractivity contribution < 1.29 is 9.53 Å². The second-order valence-electron chi connectivity index (χ2n) is 1.15. The van der Waals surface area contributed by atoms with Crippen LogP contribution in [0.1, 0.15) is 0 Å². The molecule has 0 radical (unpaired) electrons. The number of cyclic esters (lactones) is 1. The van der Waals surface area contributed by atoms with Gasteiger partial charge in [-0.25, -0.2) is 4.79 Å². The number of carbonyl (C=O) groups is 1. The van der Waals surface area contributed by atoms with E-state index >= 15 is 0 Å². The highest BCUT2D eigenvalue weighted by molar-refractivity contribution is 6.22. The van der Waals surface area contributed by atoms with E-state index in [1.165, 1.54) is 12.2 Å². The lowest BCUT2D eigenvalue weighted by Gasteiger charge is -1.92. The zero-order valence-corrected chi connectivity index (χ0v) is 4.18. The molecule has 38 valence electrons. The van der Waals surface area contributed by atoms with E-state index in [-0.39, 0.29) is 5.97 Å². The minimum absolute atomic E-state index is 0.361. The van der Waals surface area contributed by atoms with Gasteiger partial charge >= 0.3 is 5.97 Å². The Morgan fingerprint density at radius 3 is 2.71 bits per heavy atom. The van der Waals surface area contributed by atoms with Crippen LogP contribution in [0.15, 0.2) is 12.2 Å². The topological polar surface area (TPSA) is 26.3 Å². The maximum atomic E-state index is 10.1. The van der Waals surface area contributed by atoms with Crippen LogP contribution in [0.4, 0.5) is 0 Å². The average Bonchev–Trinajstić information content (AvgIpc) is 1.87. The standard InChI is InChI=1S/C4H3ClO2/c5-3-1-2-4(6)7-3/h1-3H/t3-/m1/s1. The van der Waals surface area contributed by atoms with Crippen LogP contribution in [0.5, 0.6) is 0 Å². The molecule has 0 fully saturated rings. The Morgan fingerprint density at radius 1 is 1.86 bits per heavy atom. The first kappa shape index (κ1) is 4.65. The molecule has 0 aromatic rings. The molecule has 0 aromatic heterocycles. The summed E-state index contributed by atoms with van der Waals surface area (Å²) in [4.78, 5) is 10.1. The molecular formula is C4H3ClO2. The minimum atomic E-state index is -0.535. The highest BCUT2D eigenvalue weighted by Crippen LogP contribution is 2.07. The van der Waals surface area contributed by atoms with E-state index in [0.29, 0.717) is 0 Å². The van der Waals surface area contributed by atoms with Gasteiger partial charge in [-0.05, 0) is 6.08 Å². The number of halogens is 1. The lowest BCUT2D eigenvalue weighted by Crippen LogP contribution is -1.97. The molecule has 1 rings (SSSR count). The van der Waals surface area contributed by atoms with Crippen LogP contribution in [-0.2, 0) is 9.53 Å². The third-order valence-corrected chi connectivity index (χ3v) is 0.847. The average molecular weight is 119 g/mol. The van der Waals surface area contributed by atoms with Crippen LogP contribution in [0.2, 0.25) is 0 Å². The van der Waals surface area contributed by atoms with Gasteiger partial charge < -0.3 is 4.74 Å². The van der Waals surface area contributed by atoms with Crippen LogP contribution in [0.25, 0.3) is 0 Å².